The van der Waals surface area contributed by atoms with Crippen LogP contribution in [-0.2, 0) is 9.59 Å². The molecular formula is C15H27N3O3. The van der Waals surface area contributed by atoms with Gasteiger partial charge in [0.25, 0.3) is 0 Å². The second-order valence-corrected chi connectivity index (χ2v) is 6.28. The first-order valence-electron chi connectivity index (χ1n) is 8.07. The quantitative estimate of drug-likeness (QED) is 0.510. The summed E-state index contributed by atoms with van der Waals surface area (Å²) in [4.78, 5) is 24.6. The van der Waals surface area contributed by atoms with E-state index in [-0.39, 0.29) is 12.3 Å². The average molecular weight is 297 g/mol. The van der Waals surface area contributed by atoms with Crippen LogP contribution in [-0.4, -0.2) is 60.6 Å². The number of nitrogens with zero attached hydrogens (tertiary/aromatic N) is 1. The van der Waals surface area contributed by atoms with Crippen LogP contribution in [0.5, 0.6) is 0 Å². The Hall–Kier alpha value is -1.14. The van der Waals surface area contributed by atoms with Crippen LogP contribution in [0.2, 0.25) is 0 Å². The highest BCUT2D eigenvalue weighted by Crippen LogP contribution is 2.29. The molecule has 0 aromatic carbocycles. The van der Waals surface area contributed by atoms with E-state index in [4.69, 9.17) is 5.11 Å². The summed E-state index contributed by atoms with van der Waals surface area (Å²) in [5, 5.41) is 14.9. The summed E-state index contributed by atoms with van der Waals surface area (Å²) in [5.74, 6) is -0.0304. The second kappa shape index (κ2) is 8.34. The lowest BCUT2D eigenvalue weighted by Gasteiger charge is -2.25. The third-order valence-electron chi connectivity index (χ3n) is 4.11. The van der Waals surface area contributed by atoms with Crippen molar-refractivity contribution in [2.45, 2.75) is 44.6 Å². The third kappa shape index (κ3) is 6.91. The van der Waals surface area contributed by atoms with Gasteiger partial charge in [0.2, 0.25) is 5.91 Å². The predicted octanol–water partition coefficient (Wildman–Crippen LogP) is 0.431. The van der Waals surface area contributed by atoms with E-state index in [1.165, 1.54) is 25.7 Å². The predicted molar refractivity (Wildman–Crippen MR) is 80.1 cm³/mol. The van der Waals surface area contributed by atoms with E-state index in [2.05, 4.69) is 15.5 Å². The molecule has 0 aromatic heterocycles. The normalized spacial score (nSPS) is 21.7. The Balaban J connectivity index is 1.66. The van der Waals surface area contributed by atoms with Crippen molar-refractivity contribution in [3.8, 4) is 0 Å². The average Bonchev–Trinajstić information content (AvgIpc) is 3.08. The van der Waals surface area contributed by atoms with Crippen molar-refractivity contribution in [3.05, 3.63) is 0 Å². The van der Waals surface area contributed by atoms with Crippen LogP contribution < -0.4 is 10.6 Å². The van der Waals surface area contributed by atoms with Gasteiger partial charge in [0.15, 0.2) is 0 Å². The molecule has 2 aliphatic rings. The van der Waals surface area contributed by atoms with Crippen molar-refractivity contribution in [2.24, 2.45) is 5.92 Å². The van der Waals surface area contributed by atoms with Crippen molar-refractivity contribution in [3.63, 3.8) is 0 Å². The van der Waals surface area contributed by atoms with E-state index < -0.39 is 5.97 Å². The van der Waals surface area contributed by atoms with Gasteiger partial charge in [-0.05, 0) is 44.6 Å². The molecule has 0 radical (unpaired) electrons. The van der Waals surface area contributed by atoms with E-state index in [0.29, 0.717) is 25.6 Å². The molecule has 1 heterocycles. The van der Waals surface area contributed by atoms with Gasteiger partial charge in [0.05, 0.1) is 6.54 Å². The minimum Gasteiger partial charge on any atom is -0.481 e. The van der Waals surface area contributed by atoms with Crippen LogP contribution >= 0.6 is 0 Å². The molecule has 120 valence electrons. The number of hydrogen-bond donors (Lipinski definition) is 3. The highest BCUT2D eigenvalue weighted by Gasteiger charge is 2.27. The molecule has 6 heteroatoms. The Morgan fingerprint density at radius 2 is 2.05 bits per heavy atom. The first-order valence-corrected chi connectivity index (χ1v) is 8.07. The fraction of sp³-hybridized carbons (Fsp3) is 0.867. The van der Waals surface area contributed by atoms with Crippen molar-refractivity contribution >= 4 is 11.9 Å². The van der Waals surface area contributed by atoms with Crippen LogP contribution in [0.25, 0.3) is 0 Å². The molecule has 1 amide bonds. The van der Waals surface area contributed by atoms with E-state index in [0.717, 1.165) is 25.6 Å². The molecule has 0 bridgehead atoms. The molecule has 1 aliphatic heterocycles. The molecule has 1 unspecified atom stereocenters. The molecule has 2 rings (SSSR count). The van der Waals surface area contributed by atoms with Crippen LogP contribution in [0, 0.1) is 5.92 Å². The molecule has 1 saturated heterocycles. The van der Waals surface area contributed by atoms with Crippen molar-refractivity contribution in [2.75, 3.05) is 32.7 Å². The molecule has 1 atom stereocenters. The highest BCUT2D eigenvalue weighted by atomic mass is 16.4. The van der Waals surface area contributed by atoms with Crippen molar-refractivity contribution in [1.82, 2.24) is 15.5 Å². The molecule has 21 heavy (non-hydrogen) atoms. The standard InChI is InChI=1S/C15H27N3O3/c19-14(17-8-2-4-15(20)21)11-18(9-12-5-6-12)10-13-3-1-7-16-13/h12-13,16H,1-11H2,(H,17,19)(H,20,21). The number of amides is 1. The van der Waals surface area contributed by atoms with Crippen molar-refractivity contribution < 1.29 is 14.7 Å². The number of carboxylic acid groups (broad SMARTS) is 1. The van der Waals surface area contributed by atoms with Gasteiger partial charge in [-0.15, -0.1) is 0 Å². The zero-order chi connectivity index (χ0) is 15.1. The number of carbonyl (C=O) groups is 2. The molecule has 3 N–H and O–H groups in total. The summed E-state index contributed by atoms with van der Waals surface area (Å²) >= 11 is 0. The lowest BCUT2D eigenvalue weighted by atomic mass is 10.2. The number of nitrogens with one attached hydrogen (secondary N) is 2. The zero-order valence-corrected chi connectivity index (χ0v) is 12.6. The number of aliphatic carboxylic acids is 1. The number of carboxylic acids is 1. The molecule has 1 aliphatic carbocycles. The fourth-order valence-corrected chi connectivity index (χ4v) is 2.82. The third-order valence-corrected chi connectivity index (χ3v) is 4.11. The van der Waals surface area contributed by atoms with Crippen molar-refractivity contribution in [1.29, 1.82) is 0 Å². The first-order chi connectivity index (χ1) is 10.1. The fourth-order valence-electron chi connectivity index (χ4n) is 2.82. The maximum atomic E-state index is 12.0. The first kappa shape index (κ1) is 16.2. The SMILES string of the molecule is O=C(O)CCCNC(=O)CN(CC1CC1)CC1CCCN1. The lowest BCUT2D eigenvalue weighted by Crippen LogP contribution is -2.44. The maximum Gasteiger partial charge on any atom is 0.303 e. The summed E-state index contributed by atoms with van der Waals surface area (Å²) in [6, 6.07) is 0.517. The molecular weight excluding hydrogens is 270 g/mol. The second-order valence-electron chi connectivity index (χ2n) is 6.28. The Bertz CT molecular complexity index is 352. The lowest BCUT2D eigenvalue weighted by molar-refractivity contribution is -0.137. The largest absolute Gasteiger partial charge is 0.481 e. The van der Waals surface area contributed by atoms with Crippen LogP contribution in [0.15, 0.2) is 0 Å². The molecule has 2 fully saturated rings. The van der Waals surface area contributed by atoms with Gasteiger partial charge in [0.1, 0.15) is 0 Å². The summed E-state index contributed by atoms with van der Waals surface area (Å²) in [6.45, 7) is 3.93. The Morgan fingerprint density at radius 3 is 2.67 bits per heavy atom. The Labute approximate surface area is 126 Å². The molecule has 6 nitrogen and oxygen atoms in total. The summed E-state index contributed by atoms with van der Waals surface area (Å²) < 4.78 is 0. The number of carbonyl (C=O) groups excluding carboxylic acids is 1. The summed E-state index contributed by atoms with van der Waals surface area (Å²) in [5.41, 5.74) is 0. The van der Waals surface area contributed by atoms with Crippen LogP contribution in [0.3, 0.4) is 0 Å². The van der Waals surface area contributed by atoms with E-state index in [9.17, 15) is 9.59 Å². The van der Waals surface area contributed by atoms with E-state index in [1.54, 1.807) is 0 Å². The van der Waals surface area contributed by atoms with Gasteiger partial charge < -0.3 is 15.7 Å². The Kier molecular flexibility index (Phi) is 6.45. The Morgan fingerprint density at radius 1 is 1.24 bits per heavy atom. The van der Waals surface area contributed by atoms with Gasteiger partial charge >= 0.3 is 5.97 Å². The molecule has 1 saturated carbocycles. The number of rotatable bonds is 10. The smallest absolute Gasteiger partial charge is 0.303 e. The summed E-state index contributed by atoms with van der Waals surface area (Å²) in [7, 11) is 0. The minimum atomic E-state index is -0.813. The van der Waals surface area contributed by atoms with Crippen LogP contribution in [0.4, 0.5) is 0 Å². The van der Waals surface area contributed by atoms with E-state index >= 15 is 0 Å². The molecule has 0 spiro atoms. The monoisotopic (exact) mass is 297 g/mol. The molecule has 0 aromatic rings. The van der Waals surface area contributed by atoms with Gasteiger partial charge in [-0.25, -0.2) is 0 Å². The van der Waals surface area contributed by atoms with Gasteiger partial charge in [-0.1, -0.05) is 0 Å². The van der Waals surface area contributed by atoms with E-state index in [1.807, 2.05) is 0 Å². The summed E-state index contributed by atoms with van der Waals surface area (Å²) in [6.07, 6.45) is 5.60. The zero-order valence-electron chi connectivity index (χ0n) is 12.6. The highest BCUT2D eigenvalue weighted by molar-refractivity contribution is 5.78. The topological polar surface area (TPSA) is 81.7 Å². The van der Waals surface area contributed by atoms with Gasteiger partial charge in [-0.2, -0.15) is 0 Å². The minimum absolute atomic E-state index is 0.0130. The van der Waals surface area contributed by atoms with Gasteiger partial charge in [0, 0.05) is 32.1 Å². The van der Waals surface area contributed by atoms with Gasteiger partial charge in [-0.3, -0.25) is 14.5 Å². The number of hydrogen-bond acceptors (Lipinski definition) is 4. The van der Waals surface area contributed by atoms with Crippen LogP contribution in [0.1, 0.15) is 38.5 Å². The maximum absolute atomic E-state index is 12.0.